The van der Waals surface area contributed by atoms with E-state index in [-0.39, 0.29) is 23.3 Å². The summed E-state index contributed by atoms with van der Waals surface area (Å²) in [5.74, 6) is -0.186. The number of aliphatic hydroxyl groups excluding tert-OH is 1. The third kappa shape index (κ3) is 1.31. The van der Waals surface area contributed by atoms with E-state index < -0.39 is 0 Å². The molecule has 1 aromatic rings. The number of aliphatic hydroxyl groups is 1. The van der Waals surface area contributed by atoms with Crippen molar-refractivity contribution in [1.29, 1.82) is 0 Å². The molecule has 1 nitrogen and oxygen atoms in total. The molecule has 1 aliphatic rings. The molecule has 0 amide bonds. The molecule has 1 N–H and O–H groups in total. The van der Waals surface area contributed by atoms with Crippen LogP contribution < -0.4 is 0 Å². The van der Waals surface area contributed by atoms with Crippen LogP contribution in [0.25, 0.3) is 0 Å². The second kappa shape index (κ2) is 3.05. The molecule has 0 aromatic heterocycles. The zero-order chi connectivity index (χ0) is 11.3. The minimum absolute atomic E-state index is 0.00863. The van der Waals surface area contributed by atoms with Crippen molar-refractivity contribution in [3.63, 3.8) is 0 Å². The highest BCUT2D eigenvalue weighted by Crippen LogP contribution is 2.64. The van der Waals surface area contributed by atoms with Crippen LogP contribution in [0.15, 0.2) is 18.2 Å². The lowest BCUT2D eigenvalue weighted by Crippen LogP contribution is -2.22. The van der Waals surface area contributed by atoms with Crippen molar-refractivity contribution in [2.75, 3.05) is 6.61 Å². The molecule has 1 aliphatic carbocycles. The molecule has 1 unspecified atom stereocenters. The first kappa shape index (κ1) is 10.6. The summed E-state index contributed by atoms with van der Waals surface area (Å²) in [5, 5.41) is 9.53. The van der Waals surface area contributed by atoms with Crippen LogP contribution in [0.5, 0.6) is 0 Å². The number of rotatable bonds is 2. The van der Waals surface area contributed by atoms with Crippen LogP contribution in [0.3, 0.4) is 0 Å². The van der Waals surface area contributed by atoms with Crippen molar-refractivity contribution >= 4 is 0 Å². The lowest BCUT2D eigenvalue weighted by atomic mass is 9.85. The summed E-state index contributed by atoms with van der Waals surface area (Å²) in [7, 11) is 0. The molecule has 1 saturated carbocycles. The topological polar surface area (TPSA) is 20.2 Å². The average molecular weight is 208 g/mol. The number of halogens is 1. The summed E-state index contributed by atoms with van der Waals surface area (Å²) in [6.07, 6.45) is 0.859. The van der Waals surface area contributed by atoms with Gasteiger partial charge in [0, 0.05) is 5.41 Å². The third-order valence-electron chi connectivity index (χ3n) is 3.88. The molecule has 2 rings (SSSR count). The average Bonchev–Trinajstić information content (AvgIpc) is 2.69. The maximum Gasteiger partial charge on any atom is 0.127 e. The molecule has 2 heteroatoms. The second-order valence-corrected chi connectivity index (χ2v) is 5.23. The molecule has 1 aromatic carbocycles. The molecule has 82 valence electrons. The van der Waals surface area contributed by atoms with Gasteiger partial charge in [-0.05, 0) is 36.0 Å². The van der Waals surface area contributed by atoms with Crippen LogP contribution in [0.1, 0.15) is 31.4 Å². The molecular formula is C13H17FO. The summed E-state index contributed by atoms with van der Waals surface area (Å²) in [5.41, 5.74) is 1.30. The fourth-order valence-corrected chi connectivity index (χ4v) is 2.72. The summed E-state index contributed by atoms with van der Waals surface area (Å²) in [6, 6.07) is 5.10. The zero-order valence-corrected chi connectivity index (χ0v) is 9.47. The minimum Gasteiger partial charge on any atom is -0.395 e. The molecule has 0 heterocycles. The molecule has 0 aliphatic heterocycles. The van der Waals surface area contributed by atoms with Crippen molar-refractivity contribution in [2.24, 2.45) is 5.41 Å². The number of aryl methyl sites for hydroxylation is 1. The second-order valence-electron chi connectivity index (χ2n) is 5.23. The summed E-state index contributed by atoms with van der Waals surface area (Å²) in [6.45, 7) is 6.09. The van der Waals surface area contributed by atoms with Crippen LogP contribution in [0.2, 0.25) is 0 Å². The zero-order valence-electron chi connectivity index (χ0n) is 9.47. The molecule has 0 radical (unpaired) electrons. The van der Waals surface area contributed by atoms with E-state index in [1.807, 2.05) is 13.0 Å². The highest BCUT2D eigenvalue weighted by molar-refractivity contribution is 5.43. The van der Waals surface area contributed by atoms with Gasteiger partial charge in [0.1, 0.15) is 5.82 Å². The van der Waals surface area contributed by atoms with Crippen molar-refractivity contribution in [3.8, 4) is 0 Å². The monoisotopic (exact) mass is 208 g/mol. The minimum atomic E-state index is -0.359. The lowest BCUT2D eigenvalue weighted by Gasteiger charge is -2.21. The third-order valence-corrected chi connectivity index (χ3v) is 3.88. The van der Waals surface area contributed by atoms with Crippen LogP contribution in [0, 0.1) is 18.2 Å². The van der Waals surface area contributed by atoms with Gasteiger partial charge in [0.25, 0.3) is 0 Å². The van der Waals surface area contributed by atoms with Crippen molar-refractivity contribution < 1.29 is 9.50 Å². The Kier molecular flexibility index (Phi) is 2.16. The van der Waals surface area contributed by atoms with Crippen LogP contribution in [-0.4, -0.2) is 11.7 Å². The largest absolute Gasteiger partial charge is 0.395 e. The predicted molar refractivity (Wildman–Crippen MR) is 58.3 cm³/mol. The Hall–Kier alpha value is -0.890. The first-order chi connectivity index (χ1) is 6.94. The summed E-state index contributed by atoms with van der Waals surface area (Å²) < 4.78 is 13.8. The Morgan fingerprint density at radius 3 is 2.40 bits per heavy atom. The van der Waals surface area contributed by atoms with Gasteiger partial charge in [0.15, 0.2) is 0 Å². The van der Waals surface area contributed by atoms with E-state index >= 15 is 0 Å². The molecule has 0 bridgehead atoms. The Morgan fingerprint density at radius 1 is 1.40 bits per heavy atom. The first-order valence-electron chi connectivity index (χ1n) is 5.31. The van der Waals surface area contributed by atoms with E-state index in [9.17, 15) is 9.50 Å². The van der Waals surface area contributed by atoms with Crippen LogP contribution in [0.4, 0.5) is 4.39 Å². The van der Waals surface area contributed by atoms with Gasteiger partial charge in [0.05, 0.1) is 6.61 Å². The quantitative estimate of drug-likeness (QED) is 0.792. The fraction of sp³-hybridized carbons (Fsp3) is 0.538. The van der Waals surface area contributed by atoms with Gasteiger partial charge >= 0.3 is 0 Å². The van der Waals surface area contributed by atoms with Gasteiger partial charge in [-0.2, -0.15) is 0 Å². The number of hydrogen-bond donors (Lipinski definition) is 1. The van der Waals surface area contributed by atoms with E-state index in [0.717, 1.165) is 12.0 Å². The Bertz CT molecular complexity index is 377. The van der Waals surface area contributed by atoms with Gasteiger partial charge in [0.2, 0.25) is 0 Å². The van der Waals surface area contributed by atoms with Crippen LogP contribution in [-0.2, 0) is 5.41 Å². The van der Waals surface area contributed by atoms with Gasteiger partial charge in [-0.25, -0.2) is 4.39 Å². The van der Waals surface area contributed by atoms with Crippen LogP contribution >= 0.6 is 0 Å². The molecule has 1 fully saturated rings. The Labute approximate surface area is 89.9 Å². The molecule has 0 spiro atoms. The maximum atomic E-state index is 13.8. The molecule has 0 saturated heterocycles. The molecule has 15 heavy (non-hydrogen) atoms. The molecular weight excluding hydrogens is 191 g/mol. The fourth-order valence-electron chi connectivity index (χ4n) is 2.72. The Morgan fingerprint density at radius 2 is 2.00 bits per heavy atom. The van der Waals surface area contributed by atoms with E-state index in [4.69, 9.17) is 0 Å². The van der Waals surface area contributed by atoms with Crippen molar-refractivity contribution in [1.82, 2.24) is 0 Å². The molecule has 1 atom stereocenters. The van der Waals surface area contributed by atoms with E-state index in [1.54, 1.807) is 6.07 Å². The lowest BCUT2D eigenvalue weighted by molar-refractivity contribution is 0.227. The highest BCUT2D eigenvalue weighted by Gasteiger charge is 2.63. The van der Waals surface area contributed by atoms with Gasteiger partial charge < -0.3 is 5.11 Å². The van der Waals surface area contributed by atoms with Crippen molar-refractivity contribution in [2.45, 2.75) is 32.6 Å². The smallest absolute Gasteiger partial charge is 0.127 e. The van der Waals surface area contributed by atoms with E-state index in [2.05, 4.69) is 13.8 Å². The van der Waals surface area contributed by atoms with Crippen molar-refractivity contribution in [3.05, 3.63) is 35.1 Å². The SMILES string of the molecule is Cc1cccc(F)c1C1(CO)CC1(C)C. The number of benzene rings is 1. The Balaban J connectivity index is 2.55. The predicted octanol–water partition coefficient (Wildman–Crippen LogP) is 2.79. The number of hydrogen-bond acceptors (Lipinski definition) is 1. The van der Waals surface area contributed by atoms with E-state index in [1.165, 1.54) is 6.07 Å². The van der Waals surface area contributed by atoms with E-state index in [0.29, 0.717) is 5.56 Å². The summed E-state index contributed by atoms with van der Waals surface area (Å²) >= 11 is 0. The normalized spacial score (nSPS) is 27.8. The van der Waals surface area contributed by atoms with Gasteiger partial charge in [-0.1, -0.05) is 26.0 Å². The van der Waals surface area contributed by atoms with Gasteiger partial charge in [-0.15, -0.1) is 0 Å². The summed E-state index contributed by atoms with van der Waals surface area (Å²) in [4.78, 5) is 0. The maximum absolute atomic E-state index is 13.8. The van der Waals surface area contributed by atoms with Gasteiger partial charge in [-0.3, -0.25) is 0 Å². The standard InChI is InChI=1S/C13H17FO/c1-9-5-4-6-10(14)11(9)13(8-15)7-12(13,2)3/h4-6,15H,7-8H2,1-3H3. The first-order valence-corrected chi connectivity index (χ1v) is 5.31. The highest BCUT2D eigenvalue weighted by atomic mass is 19.1.